The number of nitrogens with zero attached hydrogens (tertiary/aromatic N) is 1. The van der Waals surface area contributed by atoms with Crippen molar-refractivity contribution >= 4 is 23.0 Å². The van der Waals surface area contributed by atoms with Crippen LogP contribution in [0, 0.1) is 11.6 Å². The van der Waals surface area contributed by atoms with Gasteiger partial charge < -0.3 is 16.0 Å². The molecule has 0 saturated carbocycles. The Kier molecular flexibility index (Phi) is 4.07. The fourth-order valence-corrected chi connectivity index (χ4v) is 1.82. The number of hydrogen-bond acceptors (Lipinski definition) is 3. The molecule has 0 aliphatic heterocycles. The van der Waals surface area contributed by atoms with Crippen molar-refractivity contribution in [3.05, 3.63) is 53.6 Å². The maximum Gasteiger partial charge on any atom is 0.255 e. The Balaban J connectivity index is 2.40. The van der Waals surface area contributed by atoms with Crippen molar-refractivity contribution < 1.29 is 13.6 Å². The average molecular weight is 291 g/mol. The van der Waals surface area contributed by atoms with E-state index < -0.39 is 11.6 Å². The van der Waals surface area contributed by atoms with Gasteiger partial charge in [-0.3, -0.25) is 4.79 Å². The van der Waals surface area contributed by atoms with E-state index in [1.54, 1.807) is 32.3 Å². The fourth-order valence-electron chi connectivity index (χ4n) is 1.82. The average Bonchev–Trinajstić information content (AvgIpc) is 2.42. The van der Waals surface area contributed by atoms with E-state index in [-0.39, 0.29) is 5.91 Å². The first-order chi connectivity index (χ1) is 9.88. The number of benzene rings is 2. The first kappa shape index (κ1) is 14.8. The number of amides is 1. The lowest BCUT2D eigenvalue weighted by Crippen LogP contribution is -2.22. The number of rotatable bonds is 3. The summed E-state index contributed by atoms with van der Waals surface area (Å²) in [6.07, 6.45) is 0. The quantitative estimate of drug-likeness (QED) is 0.855. The van der Waals surface area contributed by atoms with Gasteiger partial charge >= 0.3 is 0 Å². The van der Waals surface area contributed by atoms with Crippen molar-refractivity contribution in [2.75, 3.05) is 25.1 Å². The van der Waals surface area contributed by atoms with Gasteiger partial charge in [0, 0.05) is 31.5 Å². The minimum atomic E-state index is -0.968. The summed E-state index contributed by atoms with van der Waals surface area (Å²) in [5.74, 6) is -2.12. The summed E-state index contributed by atoms with van der Waals surface area (Å²) in [5, 5.41) is 2.88. The van der Waals surface area contributed by atoms with Gasteiger partial charge in [-0.25, -0.2) is 8.78 Å². The Morgan fingerprint density at radius 3 is 2.43 bits per heavy atom. The molecule has 2 aromatic rings. The Bertz CT molecular complexity index is 687. The molecule has 0 fully saturated rings. The standard InChI is InChI=1S/C15H15F2N3O/c1-20(2)15(21)11-5-3-9(18)7-14(11)19-10-4-6-12(16)13(17)8-10/h3-8,19H,18H2,1-2H3. The summed E-state index contributed by atoms with van der Waals surface area (Å²) < 4.78 is 26.2. The molecule has 0 aromatic heterocycles. The molecular formula is C15H15F2N3O. The number of nitrogen functional groups attached to an aromatic ring is 1. The van der Waals surface area contributed by atoms with Crippen LogP contribution >= 0.6 is 0 Å². The summed E-state index contributed by atoms with van der Waals surface area (Å²) in [4.78, 5) is 13.5. The number of carbonyl (C=O) groups is 1. The van der Waals surface area contributed by atoms with Gasteiger partial charge in [-0.05, 0) is 30.3 Å². The SMILES string of the molecule is CN(C)C(=O)c1ccc(N)cc1Nc1ccc(F)c(F)c1. The lowest BCUT2D eigenvalue weighted by atomic mass is 10.1. The van der Waals surface area contributed by atoms with Crippen molar-refractivity contribution in [1.82, 2.24) is 4.90 Å². The highest BCUT2D eigenvalue weighted by Crippen LogP contribution is 2.25. The van der Waals surface area contributed by atoms with Gasteiger partial charge in [0.2, 0.25) is 0 Å². The zero-order valence-electron chi connectivity index (χ0n) is 11.7. The van der Waals surface area contributed by atoms with Gasteiger partial charge in [-0.2, -0.15) is 0 Å². The third-order valence-electron chi connectivity index (χ3n) is 2.88. The lowest BCUT2D eigenvalue weighted by Gasteiger charge is -2.16. The zero-order chi connectivity index (χ0) is 15.6. The third-order valence-corrected chi connectivity index (χ3v) is 2.88. The second-order valence-electron chi connectivity index (χ2n) is 4.76. The Labute approximate surface area is 121 Å². The van der Waals surface area contributed by atoms with Crippen LogP contribution in [0.25, 0.3) is 0 Å². The smallest absolute Gasteiger partial charge is 0.255 e. The molecule has 0 radical (unpaired) electrons. The molecule has 2 aromatic carbocycles. The highest BCUT2D eigenvalue weighted by molar-refractivity contribution is 6.00. The second-order valence-corrected chi connectivity index (χ2v) is 4.76. The third kappa shape index (κ3) is 3.28. The molecule has 2 rings (SSSR count). The highest BCUT2D eigenvalue weighted by atomic mass is 19.2. The minimum Gasteiger partial charge on any atom is -0.399 e. The molecule has 0 unspecified atom stereocenters. The number of nitrogens with one attached hydrogen (secondary N) is 1. The van der Waals surface area contributed by atoms with Gasteiger partial charge in [0.25, 0.3) is 5.91 Å². The number of anilines is 3. The van der Waals surface area contributed by atoms with Crippen LogP contribution in [-0.2, 0) is 0 Å². The first-order valence-electron chi connectivity index (χ1n) is 6.21. The van der Waals surface area contributed by atoms with E-state index in [4.69, 9.17) is 5.73 Å². The van der Waals surface area contributed by atoms with E-state index in [2.05, 4.69) is 5.32 Å². The Morgan fingerprint density at radius 1 is 1.10 bits per heavy atom. The number of carbonyl (C=O) groups excluding carboxylic acids is 1. The molecule has 0 aliphatic rings. The van der Waals surface area contributed by atoms with Crippen molar-refractivity contribution in [3.8, 4) is 0 Å². The van der Waals surface area contributed by atoms with Crippen molar-refractivity contribution in [2.45, 2.75) is 0 Å². The predicted molar refractivity (Wildman–Crippen MR) is 78.5 cm³/mol. The highest BCUT2D eigenvalue weighted by Gasteiger charge is 2.14. The molecule has 0 aliphatic carbocycles. The topological polar surface area (TPSA) is 58.4 Å². The van der Waals surface area contributed by atoms with Crippen molar-refractivity contribution in [3.63, 3.8) is 0 Å². The molecule has 0 bridgehead atoms. The number of hydrogen-bond donors (Lipinski definition) is 2. The van der Waals surface area contributed by atoms with Crippen LogP contribution in [-0.4, -0.2) is 24.9 Å². The zero-order valence-corrected chi connectivity index (χ0v) is 11.7. The molecule has 0 spiro atoms. The van der Waals surface area contributed by atoms with E-state index in [0.717, 1.165) is 12.1 Å². The van der Waals surface area contributed by atoms with E-state index >= 15 is 0 Å². The molecule has 3 N–H and O–H groups in total. The number of halogens is 2. The van der Waals surface area contributed by atoms with Gasteiger partial charge in [0.15, 0.2) is 11.6 Å². The number of nitrogens with two attached hydrogens (primary N) is 1. The second kappa shape index (κ2) is 5.78. The molecule has 6 heteroatoms. The monoisotopic (exact) mass is 291 g/mol. The van der Waals surface area contributed by atoms with E-state index in [9.17, 15) is 13.6 Å². The Morgan fingerprint density at radius 2 is 1.81 bits per heavy atom. The summed E-state index contributed by atoms with van der Waals surface area (Å²) in [6.45, 7) is 0. The fraction of sp³-hybridized carbons (Fsp3) is 0.133. The molecule has 110 valence electrons. The molecule has 21 heavy (non-hydrogen) atoms. The largest absolute Gasteiger partial charge is 0.399 e. The normalized spacial score (nSPS) is 10.3. The molecule has 0 atom stereocenters. The van der Waals surface area contributed by atoms with Crippen LogP contribution < -0.4 is 11.1 Å². The maximum absolute atomic E-state index is 13.2. The first-order valence-corrected chi connectivity index (χ1v) is 6.21. The van der Waals surface area contributed by atoms with E-state index in [1.807, 2.05) is 0 Å². The lowest BCUT2D eigenvalue weighted by molar-refractivity contribution is 0.0828. The van der Waals surface area contributed by atoms with Crippen LogP contribution in [0.3, 0.4) is 0 Å². The minimum absolute atomic E-state index is 0.222. The summed E-state index contributed by atoms with van der Waals surface area (Å²) >= 11 is 0. The molecule has 0 saturated heterocycles. The van der Waals surface area contributed by atoms with Crippen LogP contribution in [0.2, 0.25) is 0 Å². The van der Waals surface area contributed by atoms with Crippen LogP contribution in [0.15, 0.2) is 36.4 Å². The van der Waals surface area contributed by atoms with E-state index in [1.165, 1.54) is 11.0 Å². The molecule has 0 heterocycles. The van der Waals surface area contributed by atoms with Crippen LogP contribution in [0.5, 0.6) is 0 Å². The van der Waals surface area contributed by atoms with Gasteiger partial charge in [0.1, 0.15) is 0 Å². The molecule has 1 amide bonds. The summed E-state index contributed by atoms with van der Waals surface area (Å²) in [5.41, 5.74) is 7.31. The predicted octanol–water partition coefficient (Wildman–Crippen LogP) is 2.99. The van der Waals surface area contributed by atoms with E-state index in [0.29, 0.717) is 22.6 Å². The van der Waals surface area contributed by atoms with Crippen LogP contribution in [0.4, 0.5) is 25.8 Å². The molecule has 4 nitrogen and oxygen atoms in total. The van der Waals surface area contributed by atoms with Gasteiger partial charge in [-0.1, -0.05) is 0 Å². The molecular weight excluding hydrogens is 276 g/mol. The maximum atomic E-state index is 13.2. The summed E-state index contributed by atoms with van der Waals surface area (Å²) in [6, 6.07) is 8.16. The van der Waals surface area contributed by atoms with Gasteiger partial charge in [-0.15, -0.1) is 0 Å². The Hall–Kier alpha value is -2.63. The van der Waals surface area contributed by atoms with Crippen molar-refractivity contribution in [2.24, 2.45) is 0 Å². The van der Waals surface area contributed by atoms with Crippen molar-refractivity contribution in [1.29, 1.82) is 0 Å². The summed E-state index contributed by atoms with van der Waals surface area (Å²) in [7, 11) is 3.25. The van der Waals surface area contributed by atoms with Gasteiger partial charge in [0.05, 0.1) is 11.3 Å². The van der Waals surface area contributed by atoms with Crippen LogP contribution in [0.1, 0.15) is 10.4 Å².